The van der Waals surface area contributed by atoms with Gasteiger partial charge in [0.15, 0.2) is 0 Å². The molecule has 0 bridgehead atoms. The van der Waals surface area contributed by atoms with Crippen LogP contribution in [-0.4, -0.2) is 32.1 Å². The second-order valence-electron chi connectivity index (χ2n) is 5.10. The fourth-order valence-corrected chi connectivity index (χ4v) is 2.10. The van der Waals surface area contributed by atoms with Crippen LogP contribution in [0, 0.1) is 6.92 Å². The van der Waals surface area contributed by atoms with Crippen molar-refractivity contribution in [3.05, 3.63) is 65.2 Å². The van der Waals surface area contributed by atoms with Crippen LogP contribution < -0.4 is 10.6 Å². The SMILES string of the molecule is COCCNC(=O)c1ccc(NC(=O)c2ccccc2C)cc1. The van der Waals surface area contributed by atoms with E-state index >= 15 is 0 Å². The third-order valence-corrected chi connectivity index (χ3v) is 3.39. The normalized spacial score (nSPS) is 10.2. The summed E-state index contributed by atoms with van der Waals surface area (Å²) in [5, 5.41) is 5.57. The molecular formula is C18H20N2O3. The Bertz CT molecular complexity index is 681. The van der Waals surface area contributed by atoms with Gasteiger partial charge in [0, 0.05) is 30.5 Å². The van der Waals surface area contributed by atoms with Gasteiger partial charge in [0.1, 0.15) is 0 Å². The topological polar surface area (TPSA) is 67.4 Å². The quantitative estimate of drug-likeness (QED) is 0.806. The van der Waals surface area contributed by atoms with E-state index in [9.17, 15) is 9.59 Å². The minimum Gasteiger partial charge on any atom is -0.383 e. The molecule has 0 aromatic heterocycles. The third kappa shape index (κ3) is 4.66. The van der Waals surface area contributed by atoms with Crippen molar-refractivity contribution in [2.24, 2.45) is 0 Å². The molecule has 0 saturated carbocycles. The maximum absolute atomic E-state index is 12.2. The maximum Gasteiger partial charge on any atom is 0.255 e. The first-order valence-corrected chi connectivity index (χ1v) is 7.36. The largest absolute Gasteiger partial charge is 0.383 e. The summed E-state index contributed by atoms with van der Waals surface area (Å²) in [5.41, 5.74) is 2.73. The number of carbonyl (C=O) groups is 2. The molecule has 0 atom stereocenters. The summed E-state index contributed by atoms with van der Waals surface area (Å²) in [4.78, 5) is 24.1. The van der Waals surface area contributed by atoms with E-state index < -0.39 is 0 Å². The lowest BCUT2D eigenvalue weighted by Crippen LogP contribution is -2.26. The van der Waals surface area contributed by atoms with E-state index in [4.69, 9.17) is 4.74 Å². The van der Waals surface area contributed by atoms with E-state index in [2.05, 4.69) is 10.6 Å². The van der Waals surface area contributed by atoms with Crippen LogP contribution in [0.3, 0.4) is 0 Å². The molecule has 0 fully saturated rings. The fraction of sp³-hybridized carbons (Fsp3) is 0.222. The number of amides is 2. The van der Waals surface area contributed by atoms with E-state index in [1.54, 1.807) is 37.4 Å². The Balaban J connectivity index is 1.99. The van der Waals surface area contributed by atoms with Crippen LogP contribution in [0.4, 0.5) is 5.69 Å². The highest BCUT2D eigenvalue weighted by atomic mass is 16.5. The van der Waals surface area contributed by atoms with Gasteiger partial charge in [0.25, 0.3) is 11.8 Å². The molecule has 5 heteroatoms. The molecule has 0 heterocycles. The zero-order valence-corrected chi connectivity index (χ0v) is 13.3. The second-order valence-corrected chi connectivity index (χ2v) is 5.10. The fourth-order valence-electron chi connectivity index (χ4n) is 2.10. The average Bonchev–Trinajstić information content (AvgIpc) is 2.56. The highest BCUT2D eigenvalue weighted by Crippen LogP contribution is 2.13. The molecule has 0 radical (unpaired) electrons. The van der Waals surface area contributed by atoms with Gasteiger partial charge in [-0.2, -0.15) is 0 Å². The number of carbonyl (C=O) groups excluding carboxylic acids is 2. The van der Waals surface area contributed by atoms with Gasteiger partial charge < -0.3 is 15.4 Å². The molecule has 2 aromatic carbocycles. The summed E-state index contributed by atoms with van der Waals surface area (Å²) < 4.78 is 4.88. The van der Waals surface area contributed by atoms with Gasteiger partial charge in [-0.05, 0) is 42.8 Å². The van der Waals surface area contributed by atoms with Gasteiger partial charge in [0.05, 0.1) is 6.61 Å². The number of rotatable bonds is 6. The lowest BCUT2D eigenvalue weighted by atomic mass is 10.1. The summed E-state index contributed by atoms with van der Waals surface area (Å²) in [6, 6.07) is 14.2. The summed E-state index contributed by atoms with van der Waals surface area (Å²) in [6.45, 7) is 2.82. The number of nitrogens with one attached hydrogen (secondary N) is 2. The van der Waals surface area contributed by atoms with Crippen LogP contribution in [0.15, 0.2) is 48.5 Å². The van der Waals surface area contributed by atoms with Gasteiger partial charge in [-0.3, -0.25) is 9.59 Å². The number of benzene rings is 2. The Morgan fingerprint density at radius 3 is 2.35 bits per heavy atom. The first-order valence-electron chi connectivity index (χ1n) is 7.36. The summed E-state index contributed by atoms with van der Waals surface area (Å²) in [5.74, 6) is -0.334. The smallest absolute Gasteiger partial charge is 0.255 e. The maximum atomic E-state index is 12.2. The van der Waals surface area contributed by atoms with Gasteiger partial charge in [-0.15, -0.1) is 0 Å². The number of hydrogen-bond donors (Lipinski definition) is 2. The highest BCUT2D eigenvalue weighted by molar-refractivity contribution is 6.05. The molecule has 5 nitrogen and oxygen atoms in total. The monoisotopic (exact) mass is 312 g/mol. The van der Waals surface area contributed by atoms with Crippen molar-refractivity contribution in [3.8, 4) is 0 Å². The number of aryl methyl sites for hydroxylation is 1. The zero-order valence-electron chi connectivity index (χ0n) is 13.3. The van der Waals surface area contributed by atoms with Gasteiger partial charge in [0.2, 0.25) is 0 Å². The van der Waals surface area contributed by atoms with Gasteiger partial charge in [-0.25, -0.2) is 0 Å². The van der Waals surface area contributed by atoms with E-state index in [1.165, 1.54) is 0 Å². The molecule has 2 N–H and O–H groups in total. The van der Waals surface area contributed by atoms with Crippen molar-refractivity contribution in [1.29, 1.82) is 0 Å². The molecule has 23 heavy (non-hydrogen) atoms. The Labute approximate surface area is 135 Å². The molecule has 0 aliphatic heterocycles. The van der Waals surface area contributed by atoms with Crippen molar-refractivity contribution in [2.45, 2.75) is 6.92 Å². The molecule has 120 valence electrons. The van der Waals surface area contributed by atoms with E-state index in [0.29, 0.717) is 30.0 Å². The molecule has 2 rings (SSSR count). The Hall–Kier alpha value is -2.66. The zero-order chi connectivity index (χ0) is 16.7. The minimum absolute atomic E-state index is 0.166. The first kappa shape index (κ1) is 16.7. The third-order valence-electron chi connectivity index (χ3n) is 3.39. The van der Waals surface area contributed by atoms with Crippen LogP contribution in [0.25, 0.3) is 0 Å². The van der Waals surface area contributed by atoms with Crippen LogP contribution in [0.1, 0.15) is 26.3 Å². The van der Waals surface area contributed by atoms with Crippen LogP contribution >= 0.6 is 0 Å². The summed E-state index contributed by atoms with van der Waals surface area (Å²) in [7, 11) is 1.58. The molecule has 0 saturated heterocycles. The number of methoxy groups -OCH3 is 1. The van der Waals surface area contributed by atoms with Crippen molar-refractivity contribution >= 4 is 17.5 Å². The van der Waals surface area contributed by atoms with E-state index in [-0.39, 0.29) is 11.8 Å². The lowest BCUT2D eigenvalue weighted by molar-refractivity contribution is 0.0936. The molecule has 0 aliphatic carbocycles. The van der Waals surface area contributed by atoms with Crippen LogP contribution in [0.2, 0.25) is 0 Å². The summed E-state index contributed by atoms with van der Waals surface area (Å²) in [6.07, 6.45) is 0. The number of hydrogen-bond acceptors (Lipinski definition) is 3. The van der Waals surface area contributed by atoms with Crippen molar-refractivity contribution in [3.63, 3.8) is 0 Å². The van der Waals surface area contributed by atoms with E-state index in [0.717, 1.165) is 5.56 Å². The molecule has 0 unspecified atom stereocenters. The number of anilines is 1. The molecule has 0 aliphatic rings. The molecule has 2 aromatic rings. The molecular weight excluding hydrogens is 292 g/mol. The highest BCUT2D eigenvalue weighted by Gasteiger charge is 2.09. The standard InChI is InChI=1S/C18H20N2O3/c1-13-5-3-4-6-16(13)18(22)20-15-9-7-14(8-10-15)17(21)19-11-12-23-2/h3-10H,11-12H2,1-2H3,(H,19,21)(H,20,22). The van der Waals surface area contributed by atoms with Crippen LogP contribution in [0.5, 0.6) is 0 Å². The Kier molecular flexibility index (Phi) is 5.88. The number of ether oxygens (including phenoxy) is 1. The van der Waals surface area contributed by atoms with Crippen molar-refractivity contribution in [1.82, 2.24) is 5.32 Å². The predicted octanol–water partition coefficient (Wildman–Crippen LogP) is 2.62. The van der Waals surface area contributed by atoms with E-state index in [1.807, 2.05) is 25.1 Å². The second kappa shape index (κ2) is 8.10. The molecule has 0 spiro atoms. The first-order chi connectivity index (χ1) is 11.1. The van der Waals surface area contributed by atoms with Crippen LogP contribution in [-0.2, 0) is 4.74 Å². The van der Waals surface area contributed by atoms with Gasteiger partial charge >= 0.3 is 0 Å². The molecule has 2 amide bonds. The van der Waals surface area contributed by atoms with Crippen molar-refractivity contribution in [2.75, 3.05) is 25.6 Å². The van der Waals surface area contributed by atoms with Gasteiger partial charge in [-0.1, -0.05) is 18.2 Å². The van der Waals surface area contributed by atoms with Crippen molar-refractivity contribution < 1.29 is 14.3 Å². The lowest BCUT2D eigenvalue weighted by Gasteiger charge is -2.09. The minimum atomic E-state index is -0.168. The Morgan fingerprint density at radius 1 is 1.00 bits per heavy atom. The predicted molar refractivity (Wildman–Crippen MR) is 89.8 cm³/mol. The average molecular weight is 312 g/mol. The Morgan fingerprint density at radius 2 is 1.70 bits per heavy atom. The summed E-state index contributed by atoms with van der Waals surface area (Å²) >= 11 is 0.